The molecule has 2 aromatic rings. The summed E-state index contributed by atoms with van der Waals surface area (Å²) in [5.41, 5.74) is 1.17. The number of nitrogens with zero attached hydrogens (tertiary/aromatic N) is 4. The van der Waals surface area contributed by atoms with Crippen LogP contribution in [-0.2, 0) is 21.4 Å². The number of nitrogens with one attached hydrogen (secondary N) is 2. The number of urea groups is 1. The van der Waals surface area contributed by atoms with Gasteiger partial charge in [-0.15, -0.1) is 0 Å². The Morgan fingerprint density at radius 3 is 2.78 bits per heavy atom. The predicted molar refractivity (Wildman–Crippen MR) is 92.7 cm³/mol. The number of rotatable bonds is 4. The van der Waals surface area contributed by atoms with E-state index in [1.165, 1.54) is 18.5 Å². The van der Waals surface area contributed by atoms with Gasteiger partial charge in [-0.05, 0) is 18.6 Å². The van der Waals surface area contributed by atoms with Gasteiger partial charge >= 0.3 is 6.03 Å². The van der Waals surface area contributed by atoms with E-state index >= 15 is 0 Å². The maximum atomic E-state index is 12.7. The first kappa shape index (κ1) is 18.3. The van der Waals surface area contributed by atoms with E-state index in [9.17, 15) is 18.0 Å². The van der Waals surface area contributed by atoms with Gasteiger partial charge in [-0.3, -0.25) is 9.78 Å². The first-order valence-electron chi connectivity index (χ1n) is 7.74. The van der Waals surface area contributed by atoms with Crippen LogP contribution < -0.4 is 10.6 Å². The van der Waals surface area contributed by atoms with E-state index in [2.05, 4.69) is 20.6 Å². The summed E-state index contributed by atoms with van der Waals surface area (Å²) in [5, 5.41) is 13.6. The molecule has 11 heteroatoms. The number of hydrogen-bond acceptors (Lipinski definition) is 7. The van der Waals surface area contributed by atoms with Gasteiger partial charge in [0, 0.05) is 0 Å². The third-order valence-electron chi connectivity index (χ3n) is 3.80. The van der Waals surface area contributed by atoms with E-state index in [0.717, 1.165) is 0 Å². The number of fused-ring (bicyclic) bond motifs is 1. The van der Waals surface area contributed by atoms with Crippen LogP contribution in [0.5, 0.6) is 0 Å². The molecule has 1 aliphatic heterocycles. The summed E-state index contributed by atoms with van der Waals surface area (Å²) in [7, 11) is -4.15. The molecule has 1 aliphatic rings. The van der Waals surface area contributed by atoms with Crippen molar-refractivity contribution in [1.29, 1.82) is 5.26 Å². The lowest BCUT2D eigenvalue weighted by atomic mass is 10.2. The van der Waals surface area contributed by atoms with Crippen LogP contribution in [0, 0.1) is 18.3 Å². The number of aryl methyl sites for hydroxylation is 1. The van der Waals surface area contributed by atoms with E-state index in [1.54, 1.807) is 19.1 Å². The quantitative estimate of drug-likeness (QED) is 0.778. The maximum absolute atomic E-state index is 12.7. The molecule has 0 spiro atoms. The van der Waals surface area contributed by atoms with E-state index in [0.29, 0.717) is 15.6 Å². The minimum Gasteiger partial charge on any atom is -0.349 e. The van der Waals surface area contributed by atoms with Gasteiger partial charge < -0.3 is 10.6 Å². The molecule has 0 atom stereocenters. The second kappa shape index (κ2) is 7.00. The topological polar surface area (TPSA) is 145 Å². The van der Waals surface area contributed by atoms with Crippen molar-refractivity contribution in [1.82, 2.24) is 19.6 Å². The smallest absolute Gasteiger partial charge is 0.336 e. The summed E-state index contributed by atoms with van der Waals surface area (Å²) in [6.45, 7) is 0.907. The van der Waals surface area contributed by atoms with E-state index in [1.807, 2.05) is 6.07 Å². The molecule has 0 aliphatic carbocycles. The fourth-order valence-electron chi connectivity index (χ4n) is 2.53. The summed E-state index contributed by atoms with van der Waals surface area (Å²) in [5.74, 6) is -0.683. The Labute approximate surface area is 154 Å². The normalized spacial score (nSPS) is 14.7. The predicted octanol–water partition coefficient (Wildman–Crippen LogP) is 0.509. The summed E-state index contributed by atoms with van der Waals surface area (Å²) in [4.78, 5) is 32.0. The Morgan fingerprint density at radius 1 is 1.33 bits per heavy atom. The van der Waals surface area contributed by atoms with E-state index in [4.69, 9.17) is 5.26 Å². The highest BCUT2D eigenvalue weighted by atomic mass is 32.2. The molecule has 0 fully saturated rings. The molecule has 3 rings (SSSR count). The summed E-state index contributed by atoms with van der Waals surface area (Å²) in [6, 6.07) is 5.64. The first-order chi connectivity index (χ1) is 12.8. The summed E-state index contributed by atoms with van der Waals surface area (Å²) < 4.78 is 26.0. The first-order valence-corrected chi connectivity index (χ1v) is 9.18. The number of carbonyl (C=O) groups is 2. The molecule has 27 heavy (non-hydrogen) atoms. The minimum absolute atomic E-state index is 0.0251. The van der Waals surface area contributed by atoms with Crippen LogP contribution in [-0.4, -0.2) is 41.2 Å². The molecule has 2 N–H and O–H groups in total. The van der Waals surface area contributed by atoms with Crippen LogP contribution in [0.25, 0.3) is 0 Å². The second-order valence-electron chi connectivity index (χ2n) is 5.67. The van der Waals surface area contributed by atoms with Gasteiger partial charge in [0.2, 0.25) is 5.91 Å². The van der Waals surface area contributed by atoms with Gasteiger partial charge in [-0.2, -0.15) is 5.26 Å². The molecule has 138 valence electrons. The summed E-state index contributed by atoms with van der Waals surface area (Å²) in [6.07, 6.45) is 2.58. The zero-order valence-electron chi connectivity index (χ0n) is 14.1. The largest absolute Gasteiger partial charge is 0.349 e. The number of hydrogen-bond donors (Lipinski definition) is 2. The zero-order chi connectivity index (χ0) is 19.6. The van der Waals surface area contributed by atoms with Crippen molar-refractivity contribution in [3.63, 3.8) is 0 Å². The van der Waals surface area contributed by atoms with Crippen molar-refractivity contribution in [3.05, 3.63) is 47.5 Å². The Morgan fingerprint density at radius 2 is 2.11 bits per heavy atom. The lowest BCUT2D eigenvalue weighted by Gasteiger charge is -2.29. The Balaban J connectivity index is 1.73. The maximum Gasteiger partial charge on any atom is 0.336 e. The lowest BCUT2D eigenvalue weighted by molar-refractivity contribution is -0.121. The molecule has 10 nitrogen and oxygen atoms in total. The molecule has 2 heterocycles. The molecule has 3 amide bonds. The number of carbonyl (C=O) groups excluding carboxylic acids is 2. The Kier molecular flexibility index (Phi) is 4.74. The third-order valence-corrected chi connectivity index (χ3v) is 5.73. The monoisotopic (exact) mass is 386 g/mol. The average Bonchev–Trinajstić information content (AvgIpc) is 2.63. The second-order valence-corrected chi connectivity index (χ2v) is 7.47. The highest BCUT2D eigenvalue weighted by molar-refractivity contribution is 7.90. The van der Waals surface area contributed by atoms with E-state index in [-0.39, 0.29) is 22.8 Å². The number of nitriles is 1. The molecular weight excluding hydrogens is 372 g/mol. The number of aromatic nitrogens is 2. The Hall–Kier alpha value is -3.52. The van der Waals surface area contributed by atoms with E-state index < -0.39 is 28.5 Å². The molecule has 0 bridgehead atoms. The van der Waals surface area contributed by atoms with Crippen molar-refractivity contribution in [2.24, 2.45) is 0 Å². The SMILES string of the molecule is Cc1cccc2c1S(=O)(=O)N(CC(=O)NCc1cnc(C#N)cn1)C(=O)N2. The van der Waals surface area contributed by atoms with Crippen LogP contribution >= 0.6 is 0 Å². The highest BCUT2D eigenvalue weighted by Crippen LogP contribution is 2.32. The van der Waals surface area contributed by atoms with Crippen LogP contribution in [0.1, 0.15) is 17.0 Å². The fourth-order valence-corrected chi connectivity index (χ4v) is 4.17. The molecule has 0 unspecified atom stereocenters. The molecule has 1 aromatic heterocycles. The van der Waals surface area contributed by atoms with Gasteiger partial charge in [0.25, 0.3) is 10.0 Å². The van der Waals surface area contributed by atoms with Crippen LogP contribution in [0.4, 0.5) is 10.5 Å². The van der Waals surface area contributed by atoms with Gasteiger partial charge in [-0.25, -0.2) is 22.5 Å². The summed E-state index contributed by atoms with van der Waals surface area (Å²) >= 11 is 0. The van der Waals surface area contributed by atoms with Crippen molar-refractivity contribution < 1.29 is 18.0 Å². The zero-order valence-corrected chi connectivity index (χ0v) is 14.9. The lowest BCUT2D eigenvalue weighted by Crippen LogP contribution is -2.48. The van der Waals surface area contributed by atoms with Crippen molar-refractivity contribution in [2.75, 3.05) is 11.9 Å². The van der Waals surface area contributed by atoms with Gasteiger partial charge in [-0.1, -0.05) is 12.1 Å². The number of benzene rings is 1. The molecule has 0 saturated carbocycles. The molecular formula is C16H14N6O4S. The van der Waals surface area contributed by atoms with Gasteiger partial charge in [0.1, 0.15) is 17.5 Å². The molecule has 0 radical (unpaired) electrons. The number of amides is 3. The van der Waals surface area contributed by atoms with Crippen molar-refractivity contribution in [3.8, 4) is 6.07 Å². The average molecular weight is 386 g/mol. The highest BCUT2D eigenvalue weighted by Gasteiger charge is 2.38. The van der Waals surface area contributed by atoms with Crippen molar-refractivity contribution >= 4 is 27.6 Å². The van der Waals surface area contributed by atoms with Crippen LogP contribution in [0.15, 0.2) is 35.5 Å². The van der Waals surface area contributed by atoms with Crippen molar-refractivity contribution in [2.45, 2.75) is 18.4 Å². The van der Waals surface area contributed by atoms with Gasteiger partial charge in [0.15, 0.2) is 5.69 Å². The number of sulfonamides is 1. The molecule has 1 aromatic carbocycles. The van der Waals surface area contributed by atoms with Crippen LogP contribution in [0.3, 0.4) is 0 Å². The van der Waals surface area contributed by atoms with Crippen LogP contribution in [0.2, 0.25) is 0 Å². The third kappa shape index (κ3) is 3.56. The number of anilines is 1. The minimum atomic E-state index is -4.15. The molecule has 0 saturated heterocycles. The van der Waals surface area contributed by atoms with Gasteiger partial charge in [0.05, 0.1) is 30.3 Å². The fraction of sp³-hybridized carbons (Fsp3) is 0.188. The standard InChI is InChI=1S/C16H14N6O4S/c1-10-3-2-4-13-15(10)27(25,26)22(16(24)21-13)9-14(23)20-8-12-7-18-11(5-17)6-19-12/h2-4,6-7H,8-9H2,1H3,(H,20,23)(H,21,24). The Bertz CT molecular complexity index is 1060.